The van der Waals surface area contributed by atoms with Crippen LogP contribution in [0, 0.1) is 6.92 Å². The third kappa shape index (κ3) is 4.36. The van der Waals surface area contributed by atoms with Crippen molar-refractivity contribution in [2.24, 2.45) is 0 Å². The van der Waals surface area contributed by atoms with Crippen LogP contribution in [0.25, 0.3) is 0 Å². The fourth-order valence-electron chi connectivity index (χ4n) is 3.12. The first-order valence-corrected chi connectivity index (χ1v) is 8.65. The molecule has 3 rings (SSSR count). The second kappa shape index (κ2) is 7.81. The van der Waals surface area contributed by atoms with Crippen molar-refractivity contribution in [3.8, 4) is 0 Å². The first-order valence-electron chi connectivity index (χ1n) is 8.65. The van der Waals surface area contributed by atoms with Gasteiger partial charge in [0.2, 0.25) is 5.89 Å². The Kier molecular flexibility index (Phi) is 5.52. The number of hydrogen-bond acceptors (Lipinski definition) is 7. The van der Waals surface area contributed by atoms with Gasteiger partial charge in [-0.15, -0.1) is 0 Å². The maximum absolute atomic E-state index is 5.20. The highest BCUT2D eigenvalue weighted by Gasteiger charge is 2.24. The molecule has 7 nitrogen and oxygen atoms in total. The summed E-state index contributed by atoms with van der Waals surface area (Å²) >= 11 is 0. The Balaban J connectivity index is 1.55. The quantitative estimate of drug-likeness (QED) is 0.800. The Morgan fingerprint density at radius 2 is 2.21 bits per heavy atom. The molecule has 0 aromatic carbocycles. The van der Waals surface area contributed by atoms with Gasteiger partial charge in [0, 0.05) is 37.9 Å². The molecule has 1 aliphatic rings. The fraction of sp³-hybridized carbons (Fsp3) is 0.647. The van der Waals surface area contributed by atoms with Crippen molar-refractivity contribution >= 4 is 0 Å². The molecular formula is C17H26N6O. The van der Waals surface area contributed by atoms with Gasteiger partial charge in [-0.1, -0.05) is 12.1 Å². The lowest BCUT2D eigenvalue weighted by atomic mass is 10.0. The zero-order valence-electron chi connectivity index (χ0n) is 14.8. The Hall–Kier alpha value is -1.86. The monoisotopic (exact) mass is 330 g/mol. The summed E-state index contributed by atoms with van der Waals surface area (Å²) < 4.78 is 5.20. The highest BCUT2D eigenvalue weighted by Crippen LogP contribution is 2.18. The van der Waals surface area contributed by atoms with Crippen LogP contribution in [0.3, 0.4) is 0 Å². The molecule has 0 saturated carbocycles. The van der Waals surface area contributed by atoms with Gasteiger partial charge < -0.3 is 4.52 Å². The van der Waals surface area contributed by atoms with E-state index in [1.165, 1.54) is 12.8 Å². The minimum atomic E-state index is 0.513. The van der Waals surface area contributed by atoms with Crippen molar-refractivity contribution in [1.82, 2.24) is 29.9 Å². The standard InChI is InChI=1S/C17H26N6O/c1-4-17-20-16(21-24-17)12-23-7-5-6-15(11-23)22(3)10-14-9-18-13(2)8-19-14/h8-9,15H,4-7,10-12H2,1-3H3/t15-/m0/s1. The van der Waals surface area contributed by atoms with Gasteiger partial charge in [0.1, 0.15) is 0 Å². The summed E-state index contributed by atoms with van der Waals surface area (Å²) in [6.45, 7) is 7.68. The van der Waals surface area contributed by atoms with Crippen molar-refractivity contribution in [3.63, 3.8) is 0 Å². The molecule has 1 fully saturated rings. The number of likely N-dealkylation sites (tertiary alicyclic amines) is 1. The predicted octanol–water partition coefficient (Wildman–Crippen LogP) is 1.83. The number of nitrogens with zero attached hydrogens (tertiary/aromatic N) is 6. The van der Waals surface area contributed by atoms with Crippen molar-refractivity contribution in [3.05, 3.63) is 35.5 Å². The molecule has 130 valence electrons. The Morgan fingerprint density at radius 1 is 1.33 bits per heavy atom. The Morgan fingerprint density at radius 3 is 2.92 bits per heavy atom. The molecule has 7 heteroatoms. The zero-order chi connectivity index (χ0) is 16.9. The maximum atomic E-state index is 5.20. The Bertz CT molecular complexity index is 641. The van der Waals surface area contributed by atoms with Crippen LogP contribution in [0.15, 0.2) is 16.9 Å². The number of piperidine rings is 1. The average Bonchev–Trinajstić information content (AvgIpc) is 3.05. The van der Waals surface area contributed by atoms with Crippen molar-refractivity contribution in [1.29, 1.82) is 0 Å². The summed E-state index contributed by atoms with van der Waals surface area (Å²) in [5.41, 5.74) is 1.97. The van der Waals surface area contributed by atoms with Crippen LogP contribution in [-0.4, -0.2) is 56.1 Å². The van der Waals surface area contributed by atoms with Crippen LogP contribution < -0.4 is 0 Å². The molecule has 1 aliphatic heterocycles. The van der Waals surface area contributed by atoms with E-state index in [-0.39, 0.29) is 0 Å². The number of rotatable bonds is 6. The normalized spacial score (nSPS) is 19.1. The maximum Gasteiger partial charge on any atom is 0.226 e. The summed E-state index contributed by atoms with van der Waals surface area (Å²) in [4.78, 5) is 18.0. The van der Waals surface area contributed by atoms with Crippen molar-refractivity contribution in [2.45, 2.75) is 52.2 Å². The molecule has 3 heterocycles. The number of aromatic nitrogens is 4. The summed E-state index contributed by atoms with van der Waals surface area (Å²) in [7, 11) is 2.17. The fourth-order valence-corrected chi connectivity index (χ4v) is 3.12. The van der Waals surface area contributed by atoms with Crippen LogP contribution in [0.1, 0.15) is 42.9 Å². The van der Waals surface area contributed by atoms with E-state index >= 15 is 0 Å². The van der Waals surface area contributed by atoms with Gasteiger partial charge >= 0.3 is 0 Å². The highest BCUT2D eigenvalue weighted by molar-refractivity contribution is 5.01. The smallest absolute Gasteiger partial charge is 0.226 e. The van der Waals surface area contributed by atoms with E-state index in [2.05, 4.69) is 37.0 Å². The highest BCUT2D eigenvalue weighted by atomic mass is 16.5. The number of hydrogen-bond donors (Lipinski definition) is 0. The predicted molar refractivity (Wildman–Crippen MR) is 90.2 cm³/mol. The van der Waals surface area contributed by atoms with E-state index < -0.39 is 0 Å². The molecule has 0 spiro atoms. The second-order valence-electron chi connectivity index (χ2n) is 6.55. The number of likely N-dealkylation sites (N-methyl/N-ethyl adjacent to an activating group) is 1. The SMILES string of the molecule is CCc1nc(CN2CCC[C@H](N(C)Cc3cnc(C)cn3)C2)no1. The first-order chi connectivity index (χ1) is 11.6. The minimum absolute atomic E-state index is 0.513. The first kappa shape index (κ1) is 17.0. The molecule has 24 heavy (non-hydrogen) atoms. The summed E-state index contributed by atoms with van der Waals surface area (Å²) in [6, 6.07) is 0.513. The van der Waals surface area contributed by atoms with Crippen LogP contribution in [0.2, 0.25) is 0 Å². The molecule has 2 aromatic heterocycles. The third-order valence-electron chi connectivity index (χ3n) is 4.53. The van der Waals surface area contributed by atoms with E-state index in [0.29, 0.717) is 11.9 Å². The van der Waals surface area contributed by atoms with Gasteiger partial charge in [-0.05, 0) is 33.4 Å². The molecule has 1 atom stereocenters. The van der Waals surface area contributed by atoms with Crippen molar-refractivity contribution < 1.29 is 4.52 Å². The summed E-state index contributed by atoms with van der Waals surface area (Å²) in [6.07, 6.45) is 6.89. The van der Waals surface area contributed by atoms with Crippen LogP contribution in [-0.2, 0) is 19.5 Å². The van der Waals surface area contributed by atoms with Crippen LogP contribution in [0.4, 0.5) is 0 Å². The largest absolute Gasteiger partial charge is 0.339 e. The zero-order valence-corrected chi connectivity index (χ0v) is 14.8. The average molecular weight is 330 g/mol. The van der Waals surface area contributed by atoms with Gasteiger partial charge in [-0.3, -0.25) is 19.8 Å². The molecule has 0 unspecified atom stereocenters. The van der Waals surface area contributed by atoms with Crippen LogP contribution in [0.5, 0.6) is 0 Å². The Labute approximate surface area is 143 Å². The van der Waals surface area contributed by atoms with Gasteiger partial charge in [0.05, 0.1) is 17.9 Å². The molecular weight excluding hydrogens is 304 g/mol. The van der Waals surface area contributed by atoms with Crippen molar-refractivity contribution in [2.75, 3.05) is 20.1 Å². The van der Waals surface area contributed by atoms with Crippen LogP contribution >= 0.6 is 0 Å². The van der Waals surface area contributed by atoms with E-state index in [1.807, 2.05) is 26.2 Å². The van der Waals surface area contributed by atoms with E-state index in [4.69, 9.17) is 4.52 Å². The minimum Gasteiger partial charge on any atom is -0.339 e. The molecule has 0 radical (unpaired) electrons. The molecule has 0 aliphatic carbocycles. The lowest BCUT2D eigenvalue weighted by Crippen LogP contribution is -2.46. The third-order valence-corrected chi connectivity index (χ3v) is 4.53. The molecule has 0 N–H and O–H groups in total. The van der Waals surface area contributed by atoms with Gasteiger partial charge in [0.15, 0.2) is 5.82 Å². The van der Waals surface area contributed by atoms with E-state index in [0.717, 1.165) is 49.8 Å². The molecule has 2 aromatic rings. The summed E-state index contributed by atoms with van der Waals surface area (Å²) in [5, 5.41) is 4.07. The van der Waals surface area contributed by atoms with Gasteiger partial charge in [-0.25, -0.2) is 0 Å². The number of aryl methyl sites for hydroxylation is 2. The van der Waals surface area contributed by atoms with Gasteiger partial charge in [0.25, 0.3) is 0 Å². The molecule has 0 bridgehead atoms. The molecule has 0 amide bonds. The van der Waals surface area contributed by atoms with E-state index in [9.17, 15) is 0 Å². The topological polar surface area (TPSA) is 71.2 Å². The lowest BCUT2D eigenvalue weighted by molar-refractivity contribution is 0.104. The van der Waals surface area contributed by atoms with E-state index in [1.54, 1.807) is 0 Å². The second-order valence-corrected chi connectivity index (χ2v) is 6.55. The lowest BCUT2D eigenvalue weighted by Gasteiger charge is -2.37. The molecule has 1 saturated heterocycles. The van der Waals surface area contributed by atoms with Gasteiger partial charge in [-0.2, -0.15) is 4.98 Å². The summed E-state index contributed by atoms with van der Waals surface area (Å²) in [5.74, 6) is 1.51.